The third-order valence-electron chi connectivity index (χ3n) is 6.79. The van der Waals surface area contributed by atoms with Gasteiger partial charge in [0.1, 0.15) is 6.26 Å². The molecule has 7 rings (SSSR count). The molecular formula is C21H24N8OS. The summed E-state index contributed by atoms with van der Waals surface area (Å²) in [4.78, 5) is 14.8. The van der Waals surface area contributed by atoms with E-state index >= 15 is 0 Å². The highest BCUT2D eigenvalue weighted by Gasteiger charge is 2.44. The fourth-order valence-electron chi connectivity index (χ4n) is 5.13. The number of nitrogens with zero attached hydrogens (tertiary/aromatic N) is 6. The molecule has 3 aromatic rings. The van der Waals surface area contributed by atoms with Crippen molar-refractivity contribution in [2.45, 2.75) is 37.9 Å². The van der Waals surface area contributed by atoms with Gasteiger partial charge in [0.05, 0.1) is 21.6 Å². The normalized spacial score (nSPS) is 25.7. The van der Waals surface area contributed by atoms with Gasteiger partial charge in [0.15, 0.2) is 5.82 Å². The zero-order valence-electron chi connectivity index (χ0n) is 17.1. The average molecular weight is 437 g/mol. The van der Waals surface area contributed by atoms with E-state index < -0.39 is 0 Å². The van der Waals surface area contributed by atoms with Crippen molar-refractivity contribution in [2.24, 2.45) is 5.92 Å². The van der Waals surface area contributed by atoms with Crippen LogP contribution < -0.4 is 15.8 Å². The second-order valence-electron chi connectivity index (χ2n) is 8.84. The van der Waals surface area contributed by atoms with Crippen molar-refractivity contribution < 1.29 is 4.52 Å². The Bertz CT molecular complexity index is 1140. The molecule has 2 N–H and O–H groups in total. The highest BCUT2D eigenvalue weighted by Crippen LogP contribution is 2.40. The molecule has 0 unspecified atom stereocenters. The number of aromatic nitrogens is 3. The van der Waals surface area contributed by atoms with Gasteiger partial charge in [-0.05, 0) is 36.8 Å². The monoisotopic (exact) mass is 436 g/mol. The molecule has 3 aromatic heterocycles. The molecule has 0 amide bonds. The lowest BCUT2D eigenvalue weighted by atomic mass is 10.2. The van der Waals surface area contributed by atoms with Crippen LogP contribution in [-0.2, 0) is 6.54 Å². The molecule has 10 heteroatoms. The Morgan fingerprint density at radius 2 is 2.16 bits per heavy atom. The van der Waals surface area contributed by atoms with Crippen LogP contribution in [0, 0.1) is 5.92 Å². The third-order valence-corrected chi connectivity index (χ3v) is 7.70. The number of hydrogen-bond acceptors (Lipinski definition) is 10. The number of allylic oxidation sites excluding steroid dienone is 1. The van der Waals surface area contributed by atoms with Crippen LogP contribution in [0.25, 0.3) is 10.2 Å². The Hall–Kier alpha value is -2.69. The zero-order chi connectivity index (χ0) is 20.4. The summed E-state index contributed by atoms with van der Waals surface area (Å²) in [6.45, 7) is 3.67. The van der Waals surface area contributed by atoms with Crippen LogP contribution in [0.2, 0.25) is 0 Å². The van der Waals surface area contributed by atoms with E-state index in [2.05, 4.69) is 48.4 Å². The van der Waals surface area contributed by atoms with Crippen molar-refractivity contribution in [2.75, 3.05) is 30.0 Å². The molecule has 0 spiro atoms. The topological polar surface area (TPSA) is 85.6 Å². The van der Waals surface area contributed by atoms with E-state index in [9.17, 15) is 0 Å². The second kappa shape index (κ2) is 6.91. The Morgan fingerprint density at radius 3 is 2.97 bits per heavy atom. The molecule has 2 atom stereocenters. The molecule has 6 heterocycles. The molecule has 2 bridgehead atoms. The van der Waals surface area contributed by atoms with Gasteiger partial charge in [-0.2, -0.15) is 4.98 Å². The van der Waals surface area contributed by atoms with Gasteiger partial charge in [0.25, 0.3) is 0 Å². The highest BCUT2D eigenvalue weighted by molar-refractivity contribution is 7.17. The largest absolute Gasteiger partial charge is 0.364 e. The Morgan fingerprint density at radius 1 is 1.19 bits per heavy atom. The summed E-state index contributed by atoms with van der Waals surface area (Å²) in [5.74, 6) is 2.39. The van der Waals surface area contributed by atoms with Gasteiger partial charge in [0.2, 0.25) is 5.95 Å². The van der Waals surface area contributed by atoms with Gasteiger partial charge in [-0.3, -0.25) is 10.3 Å². The maximum absolute atomic E-state index is 5.01. The standard InChI is InChI=1S/C21H24N8OS/c1-2-13(1)18-3-6-22-29(18)25-20-19-17(5-8-31-19)23-21(24-20)28-12-15-9-16(28)11-27(15)10-14-4-7-30-26-14/h3-5,7-8,13,15-16,22H,1-2,6,9-12H2,(H,23,24,25)/t15-,16-/m0/s1. The number of likely N-dealkylation sites (tertiary alicyclic amines) is 1. The Balaban J connectivity index is 1.14. The predicted molar refractivity (Wildman–Crippen MR) is 118 cm³/mol. The fourth-order valence-corrected chi connectivity index (χ4v) is 5.90. The van der Waals surface area contributed by atoms with Crippen LogP contribution in [0.3, 0.4) is 0 Å². The summed E-state index contributed by atoms with van der Waals surface area (Å²) >= 11 is 1.69. The predicted octanol–water partition coefficient (Wildman–Crippen LogP) is 2.58. The highest BCUT2D eigenvalue weighted by atomic mass is 32.1. The van der Waals surface area contributed by atoms with E-state index in [1.54, 1.807) is 17.6 Å². The van der Waals surface area contributed by atoms with Gasteiger partial charge in [0, 0.05) is 50.2 Å². The molecule has 3 fully saturated rings. The first-order valence-corrected chi connectivity index (χ1v) is 11.9. The number of piperazine rings is 1. The third kappa shape index (κ3) is 3.08. The van der Waals surface area contributed by atoms with Crippen molar-refractivity contribution in [1.82, 2.24) is 30.6 Å². The van der Waals surface area contributed by atoms with Crippen molar-refractivity contribution in [3.05, 3.63) is 41.2 Å². The molecule has 0 aromatic carbocycles. The van der Waals surface area contributed by atoms with E-state index in [0.29, 0.717) is 18.0 Å². The first kappa shape index (κ1) is 17.9. The van der Waals surface area contributed by atoms with E-state index in [1.807, 2.05) is 6.07 Å². The van der Waals surface area contributed by atoms with Gasteiger partial charge in [-0.15, -0.1) is 11.3 Å². The summed E-state index contributed by atoms with van der Waals surface area (Å²) < 4.78 is 6.10. The van der Waals surface area contributed by atoms with Crippen LogP contribution in [-0.4, -0.2) is 56.9 Å². The van der Waals surface area contributed by atoms with Crippen LogP contribution in [0.15, 0.2) is 40.1 Å². The maximum Gasteiger partial charge on any atom is 0.228 e. The molecule has 1 saturated carbocycles. The quantitative estimate of drug-likeness (QED) is 0.605. The number of anilines is 2. The van der Waals surface area contributed by atoms with Gasteiger partial charge < -0.3 is 9.42 Å². The van der Waals surface area contributed by atoms with E-state index in [1.165, 1.54) is 18.5 Å². The lowest BCUT2D eigenvalue weighted by Crippen LogP contribution is -2.46. The molecule has 2 saturated heterocycles. The van der Waals surface area contributed by atoms with E-state index in [-0.39, 0.29) is 0 Å². The average Bonchev–Trinajstić information content (AvgIpc) is 3.33. The SMILES string of the molecule is C1=C(C2CC2)N(Nc2nc(N3C[C@@H]4C[C@H]3CN4Cc3ccon3)nc3ccsc23)NC1. The lowest BCUT2D eigenvalue weighted by molar-refractivity contribution is 0.223. The molecule has 0 radical (unpaired) electrons. The summed E-state index contributed by atoms with van der Waals surface area (Å²) in [7, 11) is 0. The van der Waals surface area contributed by atoms with Crippen LogP contribution >= 0.6 is 11.3 Å². The molecule has 3 aliphatic heterocycles. The number of nitrogens with one attached hydrogen (secondary N) is 2. The van der Waals surface area contributed by atoms with Crippen LogP contribution in [0.1, 0.15) is 25.0 Å². The molecular weight excluding hydrogens is 412 g/mol. The first-order valence-electron chi connectivity index (χ1n) is 11.0. The summed E-state index contributed by atoms with van der Waals surface area (Å²) in [5.41, 5.74) is 10.3. The number of thiophene rings is 1. The van der Waals surface area contributed by atoms with Crippen LogP contribution in [0.4, 0.5) is 11.8 Å². The molecule has 31 heavy (non-hydrogen) atoms. The minimum absolute atomic E-state index is 0.438. The van der Waals surface area contributed by atoms with Gasteiger partial charge in [-0.1, -0.05) is 5.16 Å². The fraction of sp³-hybridized carbons (Fsp3) is 0.476. The Kier molecular flexibility index (Phi) is 4.00. The lowest BCUT2D eigenvalue weighted by Gasteiger charge is -2.34. The summed E-state index contributed by atoms with van der Waals surface area (Å²) in [6, 6.07) is 4.99. The van der Waals surface area contributed by atoms with E-state index in [4.69, 9.17) is 14.5 Å². The molecule has 160 valence electrons. The van der Waals surface area contributed by atoms with Crippen molar-refractivity contribution in [3.8, 4) is 0 Å². The smallest absolute Gasteiger partial charge is 0.228 e. The van der Waals surface area contributed by atoms with E-state index in [0.717, 1.165) is 60.3 Å². The number of hydrogen-bond donors (Lipinski definition) is 2. The number of hydrazine groups is 2. The van der Waals surface area contributed by atoms with Crippen molar-refractivity contribution >= 4 is 33.3 Å². The summed E-state index contributed by atoms with van der Waals surface area (Å²) in [5, 5.41) is 8.24. The number of fused-ring (bicyclic) bond motifs is 3. The molecule has 9 nitrogen and oxygen atoms in total. The maximum atomic E-state index is 5.01. The minimum Gasteiger partial charge on any atom is -0.364 e. The molecule has 1 aliphatic carbocycles. The zero-order valence-corrected chi connectivity index (χ0v) is 17.9. The van der Waals surface area contributed by atoms with Gasteiger partial charge >= 0.3 is 0 Å². The Labute approximate surface area is 183 Å². The van der Waals surface area contributed by atoms with Gasteiger partial charge in [-0.25, -0.2) is 15.5 Å². The molecule has 4 aliphatic rings. The van der Waals surface area contributed by atoms with Crippen molar-refractivity contribution in [1.29, 1.82) is 0 Å². The second-order valence-corrected chi connectivity index (χ2v) is 9.75. The summed E-state index contributed by atoms with van der Waals surface area (Å²) in [6.07, 6.45) is 7.62. The minimum atomic E-state index is 0.438. The van der Waals surface area contributed by atoms with Crippen molar-refractivity contribution in [3.63, 3.8) is 0 Å². The first-order chi connectivity index (χ1) is 15.3. The van der Waals surface area contributed by atoms with Crippen LogP contribution in [0.5, 0.6) is 0 Å². The number of rotatable bonds is 6.